The molecule has 0 spiro atoms. The fraction of sp³-hybridized carbons (Fsp3) is 0.444. The Morgan fingerprint density at radius 3 is 2.71 bits per heavy atom. The Labute approximate surface area is 201 Å². The van der Waals surface area contributed by atoms with E-state index in [2.05, 4.69) is 15.2 Å². The minimum atomic E-state index is -0.398. The molecule has 1 aliphatic rings. The fourth-order valence-corrected chi connectivity index (χ4v) is 4.76. The number of rotatable bonds is 10. The number of allylic oxidation sites excluding steroid dienone is 1. The average molecular weight is 462 g/mol. The zero-order valence-electron chi connectivity index (χ0n) is 20.3. The van der Waals surface area contributed by atoms with E-state index in [4.69, 9.17) is 15.1 Å². The Balaban J connectivity index is 1.57. The molecule has 1 aliphatic heterocycles. The second-order valence-electron chi connectivity index (χ2n) is 8.82. The lowest BCUT2D eigenvalue weighted by Gasteiger charge is -2.26. The molecule has 3 aromatic heterocycles. The highest BCUT2D eigenvalue weighted by Crippen LogP contribution is 2.32. The summed E-state index contributed by atoms with van der Waals surface area (Å²) in [6.45, 7) is 8.38. The van der Waals surface area contributed by atoms with Gasteiger partial charge >= 0.3 is 0 Å². The van der Waals surface area contributed by atoms with Crippen molar-refractivity contribution < 1.29 is 9.21 Å². The molecule has 3 N–H and O–H groups in total. The molecule has 0 atom stereocenters. The van der Waals surface area contributed by atoms with Crippen LogP contribution in [0, 0.1) is 0 Å². The molecular formula is C27H35N5O2. The molecule has 0 unspecified atom stereocenters. The number of likely N-dealkylation sites (tertiary alicyclic amines) is 1. The van der Waals surface area contributed by atoms with Gasteiger partial charge in [0.25, 0.3) is 0 Å². The molecule has 1 saturated heterocycles. The zero-order valence-corrected chi connectivity index (χ0v) is 20.3. The number of nitrogens with one attached hydrogen (secondary N) is 1. The maximum atomic E-state index is 11.9. The van der Waals surface area contributed by atoms with Crippen molar-refractivity contribution in [1.29, 1.82) is 0 Å². The maximum Gasteiger partial charge on any atom is 0.245 e. The number of hydrogen-bond donors (Lipinski definition) is 2. The molecule has 0 aliphatic carbocycles. The number of nitrogens with zero attached hydrogens (tertiary/aromatic N) is 3. The van der Waals surface area contributed by atoms with Crippen LogP contribution in [-0.2, 0) is 4.79 Å². The summed E-state index contributed by atoms with van der Waals surface area (Å²) in [5, 5.41) is 4.59. The van der Waals surface area contributed by atoms with Gasteiger partial charge in [0, 0.05) is 41.2 Å². The van der Waals surface area contributed by atoms with Gasteiger partial charge in [-0.2, -0.15) is 0 Å². The summed E-state index contributed by atoms with van der Waals surface area (Å²) in [5.74, 6) is 0.932. The highest BCUT2D eigenvalue weighted by Gasteiger charge is 2.17. The summed E-state index contributed by atoms with van der Waals surface area (Å²) in [6, 6.07) is 7.75. The Morgan fingerprint density at radius 1 is 1.15 bits per heavy atom. The predicted octanol–water partition coefficient (Wildman–Crippen LogP) is 5.24. The predicted molar refractivity (Wildman–Crippen MR) is 137 cm³/mol. The van der Waals surface area contributed by atoms with Gasteiger partial charge in [0.05, 0.1) is 5.52 Å². The Hall–Kier alpha value is -3.19. The van der Waals surface area contributed by atoms with Gasteiger partial charge in [0.15, 0.2) is 5.76 Å². The van der Waals surface area contributed by atoms with Crippen LogP contribution in [0.4, 0.5) is 5.69 Å². The van der Waals surface area contributed by atoms with Crippen molar-refractivity contribution in [1.82, 2.24) is 14.9 Å². The van der Waals surface area contributed by atoms with Gasteiger partial charge in [-0.3, -0.25) is 9.78 Å². The van der Waals surface area contributed by atoms with Crippen LogP contribution in [0.5, 0.6) is 0 Å². The summed E-state index contributed by atoms with van der Waals surface area (Å²) in [4.78, 5) is 23.6. The van der Waals surface area contributed by atoms with Gasteiger partial charge in [0.1, 0.15) is 11.5 Å². The first-order valence-corrected chi connectivity index (χ1v) is 12.4. The molecule has 180 valence electrons. The van der Waals surface area contributed by atoms with Crippen LogP contribution in [-0.4, -0.2) is 47.0 Å². The SMILES string of the molecule is CC/C(C(N)=O)=C(/CC)c1ccc(-c2cc(NCCCN3CCCCC3)c3cnccc3n2)o1. The van der Waals surface area contributed by atoms with Crippen LogP contribution >= 0.6 is 0 Å². The molecular weight excluding hydrogens is 426 g/mol. The number of carbonyl (C=O) groups is 1. The minimum Gasteiger partial charge on any atom is -0.455 e. The standard InChI is InChI=1S/C27H35N5O2/c1-3-19(20(4-2)27(28)33)25-9-10-26(34-25)24-17-23(21-18-29-13-11-22(21)31-24)30-12-8-16-32-14-6-5-7-15-32/h9-11,13,17-18H,3-8,12,14-16H2,1-2H3,(H2,28,33)(H,30,31)/b20-19+. The summed E-state index contributed by atoms with van der Waals surface area (Å²) in [7, 11) is 0. The minimum absolute atomic E-state index is 0.398. The van der Waals surface area contributed by atoms with E-state index in [0.717, 1.165) is 47.4 Å². The first-order chi connectivity index (χ1) is 16.6. The summed E-state index contributed by atoms with van der Waals surface area (Å²) in [6.07, 6.45) is 9.92. The van der Waals surface area contributed by atoms with Crippen LogP contribution < -0.4 is 11.1 Å². The first-order valence-electron chi connectivity index (χ1n) is 12.4. The molecule has 0 bridgehead atoms. The second-order valence-corrected chi connectivity index (χ2v) is 8.82. The second kappa shape index (κ2) is 11.3. The molecule has 0 radical (unpaired) electrons. The number of carbonyl (C=O) groups excluding carboxylic acids is 1. The lowest BCUT2D eigenvalue weighted by Crippen LogP contribution is -2.31. The summed E-state index contributed by atoms with van der Waals surface area (Å²) < 4.78 is 6.19. The van der Waals surface area contributed by atoms with E-state index in [1.54, 1.807) is 6.20 Å². The largest absolute Gasteiger partial charge is 0.455 e. The van der Waals surface area contributed by atoms with Crippen molar-refractivity contribution in [2.45, 2.75) is 52.4 Å². The number of fused-ring (bicyclic) bond motifs is 1. The fourth-order valence-electron chi connectivity index (χ4n) is 4.76. The monoisotopic (exact) mass is 461 g/mol. The third kappa shape index (κ3) is 5.47. The third-order valence-corrected chi connectivity index (χ3v) is 6.55. The van der Waals surface area contributed by atoms with Gasteiger partial charge in [-0.25, -0.2) is 4.98 Å². The van der Waals surface area contributed by atoms with Crippen molar-refractivity contribution in [2.75, 3.05) is 31.5 Å². The Morgan fingerprint density at radius 2 is 1.97 bits per heavy atom. The summed E-state index contributed by atoms with van der Waals surface area (Å²) in [5.41, 5.74) is 9.67. The van der Waals surface area contributed by atoms with Gasteiger partial charge in [-0.05, 0) is 76.0 Å². The Kier molecular flexibility index (Phi) is 7.95. The Bertz CT molecular complexity index is 1160. The number of primary amides is 1. The number of anilines is 1. The molecule has 0 saturated carbocycles. The molecule has 3 aromatic rings. The van der Waals surface area contributed by atoms with Crippen LogP contribution in [0.3, 0.4) is 0 Å². The lowest BCUT2D eigenvalue weighted by atomic mass is 10.0. The molecule has 4 rings (SSSR count). The number of aromatic nitrogens is 2. The maximum absolute atomic E-state index is 11.9. The quantitative estimate of drug-likeness (QED) is 0.317. The zero-order chi connectivity index (χ0) is 23.9. The lowest BCUT2D eigenvalue weighted by molar-refractivity contribution is -0.114. The third-order valence-electron chi connectivity index (χ3n) is 6.55. The highest BCUT2D eigenvalue weighted by molar-refractivity contribution is 5.99. The van der Waals surface area contributed by atoms with E-state index in [-0.39, 0.29) is 0 Å². The molecule has 7 nitrogen and oxygen atoms in total. The highest BCUT2D eigenvalue weighted by atomic mass is 16.3. The van der Waals surface area contributed by atoms with Crippen molar-refractivity contribution in [3.63, 3.8) is 0 Å². The van der Waals surface area contributed by atoms with E-state index in [9.17, 15) is 4.79 Å². The average Bonchev–Trinajstić information content (AvgIpc) is 3.35. The van der Waals surface area contributed by atoms with Crippen molar-refractivity contribution in [2.24, 2.45) is 5.73 Å². The normalized spacial score (nSPS) is 15.4. The van der Waals surface area contributed by atoms with E-state index >= 15 is 0 Å². The van der Waals surface area contributed by atoms with E-state index in [1.165, 1.54) is 32.4 Å². The number of hydrogen-bond acceptors (Lipinski definition) is 6. The summed E-state index contributed by atoms with van der Waals surface area (Å²) >= 11 is 0. The van der Waals surface area contributed by atoms with Gasteiger partial charge in [-0.1, -0.05) is 20.3 Å². The van der Waals surface area contributed by atoms with E-state index in [1.807, 2.05) is 44.3 Å². The molecule has 1 fully saturated rings. The van der Waals surface area contributed by atoms with Crippen LogP contribution in [0.1, 0.15) is 58.1 Å². The first kappa shape index (κ1) is 24.0. The van der Waals surface area contributed by atoms with E-state index in [0.29, 0.717) is 29.9 Å². The number of piperidine rings is 1. The molecule has 34 heavy (non-hydrogen) atoms. The van der Waals surface area contributed by atoms with Crippen molar-refractivity contribution >= 4 is 28.1 Å². The molecule has 7 heteroatoms. The van der Waals surface area contributed by atoms with E-state index < -0.39 is 5.91 Å². The van der Waals surface area contributed by atoms with Gasteiger partial charge in [0.2, 0.25) is 5.91 Å². The van der Waals surface area contributed by atoms with Crippen molar-refractivity contribution in [3.8, 4) is 11.5 Å². The van der Waals surface area contributed by atoms with Gasteiger partial charge in [-0.15, -0.1) is 0 Å². The van der Waals surface area contributed by atoms with Crippen LogP contribution in [0.25, 0.3) is 27.9 Å². The molecule has 1 amide bonds. The number of pyridine rings is 2. The topological polar surface area (TPSA) is 97.3 Å². The molecule has 0 aromatic carbocycles. The van der Waals surface area contributed by atoms with Crippen LogP contribution in [0.15, 0.2) is 46.6 Å². The van der Waals surface area contributed by atoms with Crippen molar-refractivity contribution in [3.05, 3.63) is 48.0 Å². The van der Waals surface area contributed by atoms with Gasteiger partial charge < -0.3 is 20.4 Å². The smallest absolute Gasteiger partial charge is 0.245 e. The number of furan rings is 1. The van der Waals surface area contributed by atoms with Crippen LogP contribution in [0.2, 0.25) is 0 Å². The molecule has 4 heterocycles. The number of nitrogens with two attached hydrogens (primary N) is 1. The number of amides is 1.